The Balaban J connectivity index is 1.44. The van der Waals surface area contributed by atoms with E-state index in [1.807, 2.05) is 0 Å². The quantitative estimate of drug-likeness (QED) is 0.491. The summed E-state index contributed by atoms with van der Waals surface area (Å²) in [4.78, 5) is 36.1. The van der Waals surface area contributed by atoms with Crippen LogP contribution in [0.3, 0.4) is 0 Å². The molecule has 6 rings (SSSR count). The van der Waals surface area contributed by atoms with E-state index in [2.05, 4.69) is 36.6 Å². The number of aromatic nitrogens is 4. The Bertz CT molecular complexity index is 1130. The topological polar surface area (TPSA) is 116 Å². The van der Waals surface area contributed by atoms with Gasteiger partial charge in [0.2, 0.25) is 11.6 Å². The number of anilines is 2. The summed E-state index contributed by atoms with van der Waals surface area (Å²) in [5, 5.41) is 3.89. The van der Waals surface area contributed by atoms with Crippen LogP contribution < -0.4 is 15.6 Å². The molecule has 4 heterocycles. The lowest BCUT2D eigenvalue weighted by atomic mass is 9.79. The fourth-order valence-corrected chi connectivity index (χ4v) is 6.71. The third-order valence-electron chi connectivity index (χ3n) is 8.91. The minimum atomic E-state index is -0.623. The molecule has 11 nitrogen and oxygen atoms in total. The van der Waals surface area contributed by atoms with Gasteiger partial charge in [-0.15, -0.1) is 0 Å². The third kappa shape index (κ3) is 5.36. The Hall–Kier alpha value is -2.79. The van der Waals surface area contributed by atoms with E-state index < -0.39 is 5.76 Å². The van der Waals surface area contributed by atoms with Gasteiger partial charge in [-0.1, -0.05) is 30.8 Å². The van der Waals surface area contributed by atoms with Gasteiger partial charge in [0, 0.05) is 32.2 Å². The van der Waals surface area contributed by atoms with E-state index in [4.69, 9.17) is 19.2 Å². The lowest BCUT2D eigenvalue weighted by Gasteiger charge is -2.41. The van der Waals surface area contributed by atoms with E-state index in [1.165, 1.54) is 57.8 Å². The Kier molecular flexibility index (Phi) is 7.73. The number of hydrogen-bond acceptors (Lipinski definition) is 10. The Labute approximate surface area is 223 Å². The van der Waals surface area contributed by atoms with E-state index in [-0.39, 0.29) is 5.82 Å². The monoisotopic (exact) mass is 524 g/mol. The van der Waals surface area contributed by atoms with Crippen molar-refractivity contribution in [3.8, 4) is 11.6 Å². The van der Waals surface area contributed by atoms with E-state index in [0.717, 1.165) is 64.0 Å². The molecule has 1 unspecified atom stereocenters. The van der Waals surface area contributed by atoms with Crippen LogP contribution in [0.25, 0.3) is 11.6 Å². The van der Waals surface area contributed by atoms with Crippen LogP contribution in [0.15, 0.2) is 14.3 Å². The van der Waals surface area contributed by atoms with Crippen LogP contribution in [0, 0.1) is 11.8 Å². The number of morpholine rings is 1. The van der Waals surface area contributed by atoms with Crippen molar-refractivity contribution in [1.29, 1.82) is 0 Å². The van der Waals surface area contributed by atoms with Crippen molar-refractivity contribution >= 4 is 24.0 Å². The fraction of sp³-hybridized carbons (Fsp3) is 0.741. The number of nitrogens with zero attached hydrogens (tertiary/aromatic N) is 7. The second-order valence-corrected chi connectivity index (χ2v) is 11.3. The van der Waals surface area contributed by atoms with Gasteiger partial charge in [0.25, 0.3) is 0 Å². The van der Waals surface area contributed by atoms with Crippen LogP contribution in [-0.4, -0.2) is 83.8 Å². The molecule has 38 heavy (non-hydrogen) atoms. The summed E-state index contributed by atoms with van der Waals surface area (Å²) in [5.41, 5.74) is 0.956. The van der Waals surface area contributed by atoms with Crippen molar-refractivity contribution in [2.45, 2.75) is 70.3 Å². The van der Waals surface area contributed by atoms with Gasteiger partial charge in [0.05, 0.1) is 19.9 Å². The second-order valence-electron chi connectivity index (χ2n) is 11.3. The summed E-state index contributed by atoms with van der Waals surface area (Å²) in [7, 11) is 0. The van der Waals surface area contributed by atoms with Crippen molar-refractivity contribution in [2.24, 2.45) is 16.8 Å². The minimum absolute atomic E-state index is 0.221. The molecule has 0 radical (unpaired) electrons. The molecule has 2 aliphatic heterocycles. The van der Waals surface area contributed by atoms with Gasteiger partial charge < -0.3 is 14.5 Å². The molecular formula is C27H40N8O3. The molecular weight excluding hydrogens is 484 g/mol. The molecule has 0 aromatic carbocycles. The molecule has 2 aromatic heterocycles. The third-order valence-corrected chi connectivity index (χ3v) is 8.91. The van der Waals surface area contributed by atoms with Crippen LogP contribution in [-0.2, 0) is 4.74 Å². The van der Waals surface area contributed by atoms with Crippen LogP contribution >= 0.6 is 0 Å². The molecule has 2 aliphatic carbocycles. The summed E-state index contributed by atoms with van der Waals surface area (Å²) in [6.45, 7) is 9.90. The van der Waals surface area contributed by atoms with Crippen molar-refractivity contribution in [1.82, 2.24) is 25.0 Å². The van der Waals surface area contributed by atoms with Crippen molar-refractivity contribution in [3.05, 3.63) is 10.6 Å². The van der Waals surface area contributed by atoms with Gasteiger partial charge in [0.15, 0.2) is 11.6 Å². The molecule has 2 aromatic rings. The zero-order valence-electron chi connectivity index (χ0n) is 22.3. The fourth-order valence-electron chi connectivity index (χ4n) is 6.71. The van der Waals surface area contributed by atoms with Crippen LogP contribution in [0.1, 0.15) is 64.2 Å². The van der Waals surface area contributed by atoms with Crippen molar-refractivity contribution in [3.63, 3.8) is 0 Å². The van der Waals surface area contributed by atoms with Crippen LogP contribution in [0.4, 0.5) is 17.3 Å². The average Bonchev–Trinajstić information content (AvgIpc) is 3.57. The van der Waals surface area contributed by atoms with Gasteiger partial charge in [-0.2, -0.15) is 0 Å². The normalized spacial score (nSPS) is 23.5. The van der Waals surface area contributed by atoms with E-state index >= 15 is 0 Å². The van der Waals surface area contributed by atoms with Gasteiger partial charge >= 0.3 is 5.76 Å². The van der Waals surface area contributed by atoms with Gasteiger partial charge in [-0.05, 0) is 57.1 Å². The predicted octanol–water partition coefficient (Wildman–Crippen LogP) is 3.60. The van der Waals surface area contributed by atoms with Gasteiger partial charge in [-0.3, -0.25) is 14.4 Å². The number of H-pyrrole nitrogens is 1. The largest absolute Gasteiger partial charge is 0.439 e. The summed E-state index contributed by atoms with van der Waals surface area (Å²) in [6.07, 6.45) is 12.6. The first-order valence-corrected chi connectivity index (χ1v) is 14.5. The molecule has 1 atom stereocenters. The maximum atomic E-state index is 11.8. The summed E-state index contributed by atoms with van der Waals surface area (Å²) < 4.78 is 10.4. The molecule has 2 saturated carbocycles. The first-order valence-electron chi connectivity index (χ1n) is 14.5. The minimum Gasteiger partial charge on any atom is -0.379 e. The first kappa shape index (κ1) is 25.5. The number of nitrogens with one attached hydrogen (secondary N) is 1. The Morgan fingerprint density at radius 1 is 1.00 bits per heavy atom. The summed E-state index contributed by atoms with van der Waals surface area (Å²) in [6, 6.07) is 0.458. The molecule has 0 spiro atoms. The number of hydrogen-bond donors (Lipinski definition) is 1. The molecule has 4 aliphatic rings. The maximum absolute atomic E-state index is 11.8. The lowest BCUT2D eigenvalue weighted by molar-refractivity contribution is 0.0375. The lowest BCUT2D eigenvalue weighted by Crippen LogP contribution is -2.47. The molecule has 1 N–H and O–H groups in total. The summed E-state index contributed by atoms with van der Waals surface area (Å²) in [5.74, 6) is 2.67. The molecule has 0 amide bonds. The van der Waals surface area contributed by atoms with Gasteiger partial charge in [0.1, 0.15) is 5.69 Å². The second kappa shape index (κ2) is 11.5. The number of rotatable bonds is 9. The van der Waals surface area contributed by atoms with Crippen molar-refractivity contribution < 1.29 is 9.26 Å². The highest BCUT2D eigenvalue weighted by Crippen LogP contribution is 2.45. The van der Waals surface area contributed by atoms with Gasteiger partial charge in [-0.25, -0.2) is 19.8 Å². The van der Waals surface area contributed by atoms with E-state index in [1.54, 1.807) is 0 Å². The van der Waals surface area contributed by atoms with Crippen molar-refractivity contribution in [2.75, 3.05) is 55.9 Å². The number of aliphatic imine (C=N–C) groups is 1. The van der Waals surface area contributed by atoms with E-state index in [0.29, 0.717) is 29.5 Å². The standard InChI is InChI=1S/C27H40N8O3/c1-28-23-22(34(17-19-7-3-2-4-8-19)18-33-13-15-37-16-14-33)26(30-24(29-23)25-31-27(36)38-32-25)35-12-6-11-21(35)20-9-5-10-20/h19-21H,1-18H2,(H,31,32,36). The van der Waals surface area contributed by atoms with Crippen LogP contribution in [0.2, 0.25) is 0 Å². The Morgan fingerprint density at radius 2 is 1.82 bits per heavy atom. The maximum Gasteiger partial charge on any atom is 0.439 e. The zero-order valence-corrected chi connectivity index (χ0v) is 22.3. The first-order chi connectivity index (χ1) is 18.7. The summed E-state index contributed by atoms with van der Waals surface area (Å²) >= 11 is 0. The molecule has 2 saturated heterocycles. The van der Waals surface area contributed by atoms with E-state index in [9.17, 15) is 4.79 Å². The smallest absolute Gasteiger partial charge is 0.379 e. The average molecular weight is 525 g/mol. The zero-order chi connectivity index (χ0) is 25.9. The molecule has 4 fully saturated rings. The SMILES string of the molecule is C=Nc1nc(-c2noc(=O)[nH]2)nc(N2CCCC2C2CCC2)c1N(CC1CCCCC1)CN1CCOCC1. The highest BCUT2D eigenvalue weighted by Gasteiger charge is 2.39. The highest BCUT2D eigenvalue weighted by atomic mass is 16.5. The highest BCUT2D eigenvalue weighted by molar-refractivity contribution is 5.80. The number of ether oxygens (including phenoxy) is 1. The molecule has 11 heteroatoms. The Morgan fingerprint density at radius 3 is 2.50 bits per heavy atom. The number of aromatic amines is 1. The molecule has 0 bridgehead atoms. The predicted molar refractivity (Wildman–Crippen MR) is 146 cm³/mol. The molecule has 206 valence electrons. The van der Waals surface area contributed by atoms with Crippen LogP contribution in [0.5, 0.6) is 0 Å².